The van der Waals surface area contributed by atoms with Crippen LogP contribution in [0.2, 0.25) is 0 Å². The summed E-state index contributed by atoms with van der Waals surface area (Å²) in [7, 11) is 0. The molecule has 90 valence electrons. The van der Waals surface area contributed by atoms with Gasteiger partial charge in [-0.1, -0.05) is 0 Å². The van der Waals surface area contributed by atoms with Gasteiger partial charge in [-0.05, 0) is 31.9 Å². The standard InChI is InChI=1S/C11H13FN4O/c1-6-2-5-9(17-6)7-3-4-8-10(13)14-11(12)15-16(7)8/h3-4,6,9H,2,5H2,1H3,(H2,13,14,15). The van der Waals surface area contributed by atoms with E-state index in [1.807, 2.05) is 13.0 Å². The quantitative estimate of drug-likeness (QED) is 0.818. The van der Waals surface area contributed by atoms with Crippen molar-refractivity contribution in [3.8, 4) is 0 Å². The van der Waals surface area contributed by atoms with E-state index in [4.69, 9.17) is 10.5 Å². The number of aromatic nitrogens is 3. The van der Waals surface area contributed by atoms with E-state index in [0.29, 0.717) is 5.52 Å². The summed E-state index contributed by atoms with van der Waals surface area (Å²) in [6.07, 6.45) is 1.29. The second kappa shape index (κ2) is 3.66. The molecule has 17 heavy (non-hydrogen) atoms. The third kappa shape index (κ3) is 1.64. The Labute approximate surface area is 97.4 Å². The Balaban J connectivity index is 2.11. The van der Waals surface area contributed by atoms with Crippen molar-refractivity contribution in [1.82, 2.24) is 14.6 Å². The number of nitrogens with two attached hydrogens (primary N) is 1. The molecule has 0 radical (unpaired) electrons. The van der Waals surface area contributed by atoms with Crippen LogP contribution in [-0.2, 0) is 4.74 Å². The van der Waals surface area contributed by atoms with Crippen LogP contribution < -0.4 is 5.73 Å². The lowest BCUT2D eigenvalue weighted by atomic mass is 10.1. The largest absolute Gasteiger partial charge is 0.382 e. The molecular weight excluding hydrogens is 223 g/mol. The van der Waals surface area contributed by atoms with E-state index in [0.717, 1.165) is 18.5 Å². The molecule has 0 spiro atoms. The Morgan fingerprint density at radius 3 is 3.00 bits per heavy atom. The molecule has 1 aliphatic rings. The maximum absolute atomic E-state index is 13.2. The van der Waals surface area contributed by atoms with Gasteiger partial charge in [0.25, 0.3) is 0 Å². The Morgan fingerprint density at radius 2 is 2.29 bits per heavy atom. The average Bonchev–Trinajstić information content (AvgIpc) is 2.83. The van der Waals surface area contributed by atoms with Gasteiger partial charge in [0.05, 0.1) is 17.9 Å². The third-order valence-electron chi connectivity index (χ3n) is 3.10. The molecule has 1 saturated heterocycles. The molecule has 2 unspecified atom stereocenters. The van der Waals surface area contributed by atoms with E-state index in [2.05, 4.69) is 10.1 Å². The van der Waals surface area contributed by atoms with Gasteiger partial charge in [0.1, 0.15) is 5.52 Å². The lowest BCUT2D eigenvalue weighted by molar-refractivity contribution is 0.0519. The summed E-state index contributed by atoms with van der Waals surface area (Å²) in [5.74, 6) is 0.148. The first-order valence-corrected chi connectivity index (χ1v) is 5.61. The molecular formula is C11H13FN4O. The van der Waals surface area contributed by atoms with Gasteiger partial charge in [-0.3, -0.25) is 0 Å². The SMILES string of the molecule is CC1CCC(c2ccc3c(N)nc(F)nn23)O1. The Kier molecular flexibility index (Phi) is 2.25. The van der Waals surface area contributed by atoms with Gasteiger partial charge in [-0.25, -0.2) is 4.52 Å². The smallest absolute Gasteiger partial charge is 0.327 e. The molecule has 0 amide bonds. The van der Waals surface area contributed by atoms with E-state index < -0.39 is 6.08 Å². The zero-order valence-corrected chi connectivity index (χ0v) is 9.43. The summed E-state index contributed by atoms with van der Waals surface area (Å²) >= 11 is 0. The first kappa shape index (κ1) is 10.5. The van der Waals surface area contributed by atoms with E-state index in [1.54, 1.807) is 6.07 Å². The Hall–Kier alpha value is -1.69. The first-order chi connectivity index (χ1) is 8.15. The molecule has 0 saturated carbocycles. The van der Waals surface area contributed by atoms with Crippen molar-refractivity contribution in [1.29, 1.82) is 0 Å². The Morgan fingerprint density at radius 1 is 1.47 bits per heavy atom. The fraction of sp³-hybridized carbons (Fsp3) is 0.455. The highest BCUT2D eigenvalue weighted by Crippen LogP contribution is 2.33. The van der Waals surface area contributed by atoms with Crippen LogP contribution in [0, 0.1) is 6.08 Å². The van der Waals surface area contributed by atoms with Crippen LogP contribution in [0.1, 0.15) is 31.6 Å². The summed E-state index contributed by atoms with van der Waals surface area (Å²) in [6.45, 7) is 2.03. The number of hydrogen-bond acceptors (Lipinski definition) is 4. The molecule has 2 aromatic heterocycles. The van der Waals surface area contributed by atoms with Crippen LogP contribution in [0.3, 0.4) is 0 Å². The lowest BCUT2D eigenvalue weighted by Gasteiger charge is -2.10. The van der Waals surface area contributed by atoms with Crippen molar-refractivity contribution < 1.29 is 9.13 Å². The predicted octanol–water partition coefficient (Wildman–Crippen LogP) is 1.69. The lowest BCUT2D eigenvalue weighted by Crippen LogP contribution is -2.09. The molecule has 3 heterocycles. The van der Waals surface area contributed by atoms with Crippen LogP contribution in [0.15, 0.2) is 12.1 Å². The highest BCUT2D eigenvalue weighted by molar-refractivity contribution is 5.65. The minimum absolute atomic E-state index is 0.0406. The van der Waals surface area contributed by atoms with Crippen molar-refractivity contribution in [3.63, 3.8) is 0 Å². The highest BCUT2D eigenvalue weighted by atomic mass is 19.1. The second-order valence-electron chi connectivity index (χ2n) is 4.33. The topological polar surface area (TPSA) is 65.4 Å². The number of halogens is 1. The highest BCUT2D eigenvalue weighted by Gasteiger charge is 2.26. The average molecular weight is 236 g/mol. The van der Waals surface area contributed by atoms with Gasteiger partial charge in [0.2, 0.25) is 0 Å². The van der Waals surface area contributed by atoms with Gasteiger partial charge in [-0.2, -0.15) is 9.37 Å². The predicted molar refractivity (Wildman–Crippen MR) is 59.9 cm³/mol. The minimum Gasteiger partial charge on any atom is -0.382 e. The molecule has 1 aliphatic heterocycles. The molecule has 0 aliphatic carbocycles. The number of anilines is 1. The van der Waals surface area contributed by atoms with E-state index in [9.17, 15) is 4.39 Å². The number of hydrogen-bond donors (Lipinski definition) is 1. The number of ether oxygens (including phenoxy) is 1. The minimum atomic E-state index is -0.821. The van der Waals surface area contributed by atoms with Gasteiger partial charge in [0.15, 0.2) is 5.82 Å². The van der Waals surface area contributed by atoms with Crippen LogP contribution in [0.5, 0.6) is 0 Å². The molecule has 2 aromatic rings. The van der Waals surface area contributed by atoms with Crippen LogP contribution in [0.4, 0.5) is 10.2 Å². The molecule has 0 aromatic carbocycles. The van der Waals surface area contributed by atoms with Gasteiger partial charge < -0.3 is 10.5 Å². The van der Waals surface area contributed by atoms with Gasteiger partial charge in [-0.15, -0.1) is 5.10 Å². The number of nitrogen functional groups attached to an aromatic ring is 1. The molecule has 5 nitrogen and oxygen atoms in total. The molecule has 2 atom stereocenters. The van der Waals surface area contributed by atoms with Gasteiger partial charge in [0, 0.05) is 0 Å². The van der Waals surface area contributed by atoms with Crippen LogP contribution in [0.25, 0.3) is 5.52 Å². The van der Waals surface area contributed by atoms with Crippen molar-refractivity contribution in [2.75, 3.05) is 5.73 Å². The summed E-state index contributed by atoms with van der Waals surface area (Å²) in [6, 6.07) is 3.65. The molecule has 6 heteroatoms. The zero-order valence-electron chi connectivity index (χ0n) is 9.43. The maximum atomic E-state index is 13.2. The van der Waals surface area contributed by atoms with Crippen LogP contribution in [-0.4, -0.2) is 20.7 Å². The maximum Gasteiger partial charge on any atom is 0.327 e. The van der Waals surface area contributed by atoms with Crippen molar-refractivity contribution in [2.45, 2.75) is 32.0 Å². The summed E-state index contributed by atoms with van der Waals surface area (Å²) in [5.41, 5.74) is 7.09. The normalized spacial score (nSPS) is 24.6. The van der Waals surface area contributed by atoms with Gasteiger partial charge >= 0.3 is 6.08 Å². The zero-order chi connectivity index (χ0) is 12.0. The number of nitrogens with zero attached hydrogens (tertiary/aromatic N) is 3. The van der Waals surface area contributed by atoms with Crippen molar-refractivity contribution in [2.24, 2.45) is 0 Å². The second-order valence-corrected chi connectivity index (χ2v) is 4.33. The van der Waals surface area contributed by atoms with E-state index >= 15 is 0 Å². The van der Waals surface area contributed by atoms with Crippen molar-refractivity contribution >= 4 is 11.3 Å². The van der Waals surface area contributed by atoms with Crippen LogP contribution >= 0.6 is 0 Å². The monoisotopic (exact) mass is 236 g/mol. The Bertz CT molecular complexity index is 568. The summed E-state index contributed by atoms with van der Waals surface area (Å²) < 4.78 is 20.4. The van der Waals surface area contributed by atoms with E-state index in [-0.39, 0.29) is 18.0 Å². The fourth-order valence-corrected chi connectivity index (χ4v) is 2.28. The summed E-state index contributed by atoms with van der Waals surface area (Å²) in [4.78, 5) is 3.50. The molecule has 3 rings (SSSR count). The first-order valence-electron chi connectivity index (χ1n) is 5.61. The molecule has 0 bridgehead atoms. The van der Waals surface area contributed by atoms with E-state index in [1.165, 1.54) is 4.52 Å². The molecule has 2 N–H and O–H groups in total. The van der Waals surface area contributed by atoms with Crippen molar-refractivity contribution in [3.05, 3.63) is 23.9 Å². The summed E-state index contributed by atoms with van der Waals surface area (Å²) in [5, 5.41) is 3.74. The number of fused-ring (bicyclic) bond motifs is 1. The fourth-order valence-electron chi connectivity index (χ4n) is 2.28. The molecule has 1 fully saturated rings. The third-order valence-corrected chi connectivity index (χ3v) is 3.10. The number of rotatable bonds is 1.